The van der Waals surface area contributed by atoms with Crippen molar-refractivity contribution < 1.29 is 9.31 Å². The van der Waals surface area contributed by atoms with Crippen molar-refractivity contribution in [3.05, 3.63) is 332 Å². The summed E-state index contributed by atoms with van der Waals surface area (Å²) in [7, 11) is -0.379. The monoisotopic (exact) mass is 1420 g/mol. The molecular formula is C96H66BBrN6O2. The molecule has 1 fully saturated rings. The average molecular weight is 1430 g/mol. The molecule has 1 aliphatic heterocycles. The molecule has 0 amide bonds. The molecule has 1 aliphatic rings. The third-order valence-corrected chi connectivity index (χ3v) is 22.1. The predicted octanol–water partition coefficient (Wildman–Crippen LogP) is 24.7. The van der Waals surface area contributed by atoms with E-state index in [0.717, 1.165) is 132 Å². The number of pyridine rings is 6. The first kappa shape index (κ1) is 64.4. The van der Waals surface area contributed by atoms with Crippen LogP contribution in [0.5, 0.6) is 0 Å². The van der Waals surface area contributed by atoms with Crippen LogP contribution in [0.3, 0.4) is 0 Å². The van der Waals surface area contributed by atoms with Gasteiger partial charge in [-0.3, -0.25) is 9.97 Å². The van der Waals surface area contributed by atoms with Gasteiger partial charge >= 0.3 is 7.12 Å². The second-order valence-electron chi connectivity index (χ2n) is 28.3. The summed E-state index contributed by atoms with van der Waals surface area (Å²) in [4.78, 5) is 29.8. The van der Waals surface area contributed by atoms with Crippen molar-refractivity contribution in [1.29, 1.82) is 0 Å². The highest BCUT2D eigenvalue weighted by Gasteiger charge is 2.51. The number of rotatable bonds is 6. The van der Waals surface area contributed by atoms with E-state index in [1.807, 2.05) is 36.7 Å². The highest BCUT2D eigenvalue weighted by molar-refractivity contribution is 9.10. The number of fused-ring (bicyclic) bond motifs is 22. The van der Waals surface area contributed by atoms with E-state index < -0.39 is 0 Å². The Bertz CT molecular complexity index is 6900. The van der Waals surface area contributed by atoms with Crippen LogP contribution in [0, 0.1) is 0 Å². The highest BCUT2D eigenvalue weighted by atomic mass is 79.9. The Morgan fingerprint density at radius 1 is 0.255 bits per heavy atom. The zero-order valence-corrected chi connectivity index (χ0v) is 60.2. The van der Waals surface area contributed by atoms with Gasteiger partial charge in [-0.25, -0.2) is 19.9 Å². The molecule has 10 heteroatoms. The van der Waals surface area contributed by atoms with E-state index in [2.05, 4.69) is 345 Å². The number of halogens is 1. The molecule has 8 nitrogen and oxygen atoms in total. The van der Waals surface area contributed by atoms with Gasteiger partial charge in [-0.2, -0.15) is 0 Å². The summed E-state index contributed by atoms with van der Waals surface area (Å²) >= 11 is 3.46. The summed E-state index contributed by atoms with van der Waals surface area (Å²) in [5, 5.41) is 21.4. The Balaban J connectivity index is 0.000000117. The Morgan fingerprint density at radius 3 is 0.962 bits per heavy atom. The fourth-order valence-corrected chi connectivity index (χ4v) is 15.7. The smallest absolute Gasteiger partial charge is 0.399 e. The molecule has 0 radical (unpaired) electrons. The van der Waals surface area contributed by atoms with E-state index in [0.29, 0.717) is 0 Å². The number of benzene rings is 14. The molecule has 0 atom stereocenters. The minimum Gasteiger partial charge on any atom is -0.399 e. The Kier molecular flexibility index (Phi) is 15.8. The molecule has 0 aliphatic carbocycles. The maximum Gasteiger partial charge on any atom is 0.494 e. The van der Waals surface area contributed by atoms with Gasteiger partial charge in [0.1, 0.15) is 0 Å². The molecule has 106 heavy (non-hydrogen) atoms. The Labute approximate surface area is 621 Å². The van der Waals surface area contributed by atoms with Crippen LogP contribution in [0.2, 0.25) is 0 Å². The lowest BCUT2D eigenvalue weighted by atomic mass is 9.78. The summed E-state index contributed by atoms with van der Waals surface area (Å²) in [6, 6.07) is 111. The first-order chi connectivity index (χ1) is 51.9. The van der Waals surface area contributed by atoms with E-state index >= 15 is 0 Å². The summed E-state index contributed by atoms with van der Waals surface area (Å²) in [6.07, 6.45) is 3.65. The lowest BCUT2D eigenvalue weighted by Gasteiger charge is -2.32. The zero-order valence-electron chi connectivity index (χ0n) is 58.6. The minimum atomic E-state index is -0.379. The maximum atomic E-state index is 6.27. The molecule has 502 valence electrons. The topological polar surface area (TPSA) is 95.8 Å². The van der Waals surface area contributed by atoms with Crippen molar-refractivity contribution in [3.63, 3.8) is 0 Å². The number of hydrogen-bond acceptors (Lipinski definition) is 8. The average Bonchev–Trinajstić information content (AvgIpc) is 1.29. The van der Waals surface area contributed by atoms with Gasteiger partial charge in [0.05, 0.1) is 67.1 Å². The largest absolute Gasteiger partial charge is 0.494 e. The molecule has 21 rings (SSSR count). The van der Waals surface area contributed by atoms with Crippen LogP contribution >= 0.6 is 15.9 Å². The molecule has 1 saturated heterocycles. The maximum absolute atomic E-state index is 6.27. The molecule has 0 N–H and O–H groups in total. The van der Waals surface area contributed by atoms with Crippen LogP contribution in [0.15, 0.2) is 332 Å². The van der Waals surface area contributed by atoms with Gasteiger partial charge < -0.3 is 9.31 Å². The molecule has 20 aromatic rings. The summed E-state index contributed by atoms with van der Waals surface area (Å²) in [5.74, 6) is 0. The predicted molar refractivity (Wildman–Crippen MR) is 447 cm³/mol. The number of nitrogens with zero attached hydrogens (tertiary/aromatic N) is 6. The van der Waals surface area contributed by atoms with Gasteiger partial charge in [0.15, 0.2) is 0 Å². The zero-order chi connectivity index (χ0) is 71.2. The van der Waals surface area contributed by atoms with E-state index in [-0.39, 0.29) is 18.3 Å². The molecule has 0 spiro atoms. The van der Waals surface area contributed by atoms with Crippen LogP contribution < -0.4 is 5.46 Å². The second-order valence-corrected chi connectivity index (χ2v) is 29.2. The lowest BCUT2D eigenvalue weighted by molar-refractivity contribution is 0.00578. The second kappa shape index (κ2) is 26.1. The SMILES string of the molecule is Brc1ccc(-c2ccc3ccc4cccnc4c3n2)cc1.CC1(C)OB(c2ccc(-c3nc4c5ccccc5c5ccccc5c4c4ccccc34)cc2)OC1(C)C.c1cnc2c(c1)ccc1ccc(-c3ccc(-c4ccc(-c5nc6c7ccccc7c7ccccc7c6c6ccccc56)cc4)cc3)nc12. The van der Waals surface area contributed by atoms with Crippen molar-refractivity contribution in [2.75, 3.05) is 0 Å². The van der Waals surface area contributed by atoms with Crippen LogP contribution in [-0.2, 0) is 9.31 Å². The van der Waals surface area contributed by atoms with E-state index in [4.69, 9.17) is 29.2 Å². The minimum absolute atomic E-state index is 0.365. The number of hydrogen-bond donors (Lipinski definition) is 0. The standard InChI is InChI=1S/C45H27N3.C33H28BNO2.C18H11BrN2/c1-3-11-36-34(9-1)35-10-2-5-13-38(35)45-41(36)37-12-4-6-14-39(37)42(48-45)32-21-17-29(18-22-32)28-15-19-30(20-16-28)40-26-25-33-24-23-31-8-7-27-46-43(31)44(33)47-40;1-32(2)33(3,4)37-34(36-32)22-19-17-21(18-20-22)30-28-16-10-8-14-26(28)29-25-13-7-5-11-23(25)24-12-6-9-15-27(24)31(29)35-30;19-15-8-5-12(6-9-15)16-10-7-14-4-3-13-2-1-11-20-17(13)18(14)21-16/h1-27H;5-20H,1-4H3;1-11H. The molecule has 7 heterocycles. The Hall–Kier alpha value is -12.4. The van der Waals surface area contributed by atoms with Crippen molar-refractivity contribution in [1.82, 2.24) is 29.9 Å². The summed E-state index contributed by atoms with van der Waals surface area (Å²) in [5.41, 5.74) is 16.7. The van der Waals surface area contributed by atoms with Crippen LogP contribution in [0.1, 0.15) is 27.7 Å². The Morgan fingerprint density at radius 2 is 0.557 bits per heavy atom. The lowest BCUT2D eigenvalue weighted by Crippen LogP contribution is -2.41. The first-order valence-electron chi connectivity index (χ1n) is 35.9. The van der Waals surface area contributed by atoms with Gasteiger partial charge in [0.2, 0.25) is 0 Å². The van der Waals surface area contributed by atoms with Gasteiger partial charge in [-0.05, 0) is 124 Å². The number of aromatic nitrogens is 6. The van der Waals surface area contributed by atoms with Gasteiger partial charge in [-0.1, -0.05) is 295 Å². The highest BCUT2D eigenvalue weighted by Crippen LogP contribution is 2.44. The molecule has 6 aromatic heterocycles. The van der Waals surface area contributed by atoms with E-state index in [9.17, 15) is 0 Å². The van der Waals surface area contributed by atoms with Crippen molar-refractivity contribution in [2.45, 2.75) is 38.9 Å². The van der Waals surface area contributed by atoms with E-state index in [1.165, 1.54) is 64.6 Å². The van der Waals surface area contributed by atoms with Crippen molar-refractivity contribution in [2.24, 2.45) is 0 Å². The molecule has 0 saturated carbocycles. The van der Waals surface area contributed by atoms with Gasteiger partial charge in [-0.15, -0.1) is 0 Å². The van der Waals surface area contributed by atoms with Crippen LogP contribution in [-0.4, -0.2) is 48.2 Å². The van der Waals surface area contributed by atoms with E-state index in [1.54, 1.807) is 0 Å². The first-order valence-corrected chi connectivity index (χ1v) is 36.7. The molecule has 0 bridgehead atoms. The summed E-state index contributed by atoms with van der Waals surface area (Å²) < 4.78 is 13.6. The fourth-order valence-electron chi connectivity index (χ4n) is 15.4. The molecule has 14 aromatic carbocycles. The van der Waals surface area contributed by atoms with Gasteiger partial charge in [0, 0.05) is 93.0 Å². The third kappa shape index (κ3) is 11.2. The van der Waals surface area contributed by atoms with Crippen molar-refractivity contribution in [3.8, 4) is 56.2 Å². The third-order valence-electron chi connectivity index (χ3n) is 21.5. The quantitative estimate of drug-likeness (QED) is 0.120. The molecular weight excluding hydrogens is 1360 g/mol. The normalized spacial score (nSPS) is 13.4. The van der Waals surface area contributed by atoms with Crippen molar-refractivity contribution >= 4 is 159 Å². The van der Waals surface area contributed by atoms with Crippen LogP contribution in [0.4, 0.5) is 0 Å². The summed E-state index contributed by atoms with van der Waals surface area (Å²) in [6.45, 7) is 8.34. The van der Waals surface area contributed by atoms with Crippen LogP contribution in [0.25, 0.3) is 186 Å². The fraction of sp³-hybridized carbons (Fsp3) is 0.0625. The molecule has 0 unspecified atom stereocenters. The van der Waals surface area contributed by atoms with Gasteiger partial charge in [0.25, 0.3) is 0 Å².